The zero-order valence-corrected chi connectivity index (χ0v) is 13.9. The summed E-state index contributed by atoms with van der Waals surface area (Å²) in [5.74, 6) is 0.847. The zero-order valence-electron chi connectivity index (χ0n) is 13.1. The minimum absolute atomic E-state index is 0.329. The van der Waals surface area contributed by atoms with Gasteiger partial charge in [0, 0.05) is 26.7 Å². The van der Waals surface area contributed by atoms with Gasteiger partial charge in [0.2, 0.25) is 0 Å². The van der Waals surface area contributed by atoms with Crippen LogP contribution in [0, 0.1) is 5.92 Å². The smallest absolute Gasteiger partial charge is 0.0760 e. The summed E-state index contributed by atoms with van der Waals surface area (Å²) < 4.78 is 7.81. The van der Waals surface area contributed by atoms with E-state index in [1.807, 2.05) is 0 Å². The largest absolute Gasteiger partial charge is 0.383 e. The maximum Gasteiger partial charge on any atom is 0.0760 e. The third kappa shape index (κ3) is 2.85. The first-order chi connectivity index (χ1) is 10.8. The molecule has 0 saturated heterocycles. The van der Waals surface area contributed by atoms with Crippen molar-refractivity contribution in [2.24, 2.45) is 5.92 Å². The van der Waals surface area contributed by atoms with Crippen LogP contribution in [-0.2, 0) is 24.2 Å². The van der Waals surface area contributed by atoms with E-state index >= 15 is 0 Å². The summed E-state index contributed by atoms with van der Waals surface area (Å²) in [7, 11) is 1.80. The van der Waals surface area contributed by atoms with E-state index in [2.05, 4.69) is 37.7 Å². The Hall–Kier alpha value is -1.17. The van der Waals surface area contributed by atoms with Crippen molar-refractivity contribution in [3.63, 3.8) is 0 Å². The lowest BCUT2D eigenvalue weighted by Gasteiger charge is -2.36. The van der Waals surface area contributed by atoms with E-state index in [9.17, 15) is 0 Å². The van der Waals surface area contributed by atoms with Gasteiger partial charge in [0.1, 0.15) is 0 Å². The van der Waals surface area contributed by atoms with Crippen LogP contribution in [0.5, 0.6) is 0 Å². The van der Waals surface area contributed by atoms with Crippen LogP contribution >= 0.6 is 11.3 Å². The van der Waals surface area contributed by atoms with Crippen molar-refractivity contribution < 1.29 is 4.74 Å². The molecule has 2 aromatic rings. The second-order valence-electron chi connectivity index (χ2n) is 6.50. The number of hydrogen-bond acceptors (Lipinski definition) is 4. The predicted octanol–water partition coefficient (Wildman–Crippen LogP) is 3.10. The van der Waals surface area contributed by atoms with Gasteiger partial charge in [-0.05, 0) is 53.1 Å². The molecule has 1 aliphatic heterocycles. The van der Waals surface area contributed by atoms with Crippen LogP contribution in [0.3, 0.4) is 0 Å². The number of nitrogens with zero attached hydrogens (tertiary/aromatic N) is 3. The molecule has 0 spiro atoms. The molecule has 2 aliphatic rings. The fraction of sp³-hybridized carbons (Fsp3) is 0.588. The third-order valence-corrected chi connectivity index (χ3v) is 5.54. The van der Waals surface area contributed by atoms with Crippen LogP contribution in [0.4, 0.5) is 0 Å². The first-order valence-corrected chi connectivity index (χ1v) is 9.08. The Morgan fingerprint density at radius 1 is 1.41 bits per heavy atom. The number of thiophene rings is 1. The van der Waals surface area contributed by atoms with Crippen LogP contribution in [0.2, 0.25) is 0 Å². The number of methoxy groups -OCH3 is 1. The Bertz CT molecular complexity index is 618. The molecular weight excluding hydrogens is 294 g/mol. The first kappa shape index (κ1) is 14.4. The zero-order chi connectivity index (χ0) is 14.9. The molecule has 22 heavy (non-hydrogen) atoms. The molecule has 0 bridgehead atoms. The second-order valence-corrected chi connectivity index (χ2v) is 7.28. The van der Waals surface area contributed by atoms with Crippen LogP contribution in [0.25, 0.3) is 0 Å². The fourth-order valence-corrected chi connectivity index (χ4v) is 4.10. The van der Waals surface area contributed by atoms with E-state index in [-0.39, 0.29) is 0 Å². The predicted molar refractivity (Wildman–Crippen MR) is 88.0 cm³/mol. The fourth-order valence-electron chi connectivity index (χ4n) is 3.44. The first-order valence-electron chi connectivity index (χ1n) is 8.14. The summed E-state index contributed by atoms with van der Waals surface area (Å²) >= 11 is 1.77. The molecule has 0 radical (unpaired) electrons. The number of fused-ring (bicyclic) bond motifs is 1. The van der Waals surface area contributed by atoms with Gasteiger partial charge in [-0.15, -0.1) is 0 Å². The van der Waals surface area contributed by atoms with Gasteiger partial charge in [-0.3, -0.25) is 9.58 Å². The maximum absolute atomic E-state index is 5.55. The van der Waals surface area contributed by atoms with E-state index in [0.717, 1.165) is 38.6 Å². The van der Waals surface area contributed by atoms with Crippen molar-refractivity contribution in [1.82, 2.24) is 14.7 Å². The average molecular weight is 317 g/mol. The van der Waals surface area contributed by atoms with Gasteiger partial charge in [-0.25, -0.2) is 0 Å². The summed E-state index contributed by atoms with van der Waals surface area (Å²) in [4.78, 5) is 2.55. The van der Waals surface area contributed by atoms with Crippen LogP contribution in [0.1, 0.15) is 35.7 Å². The molecule has 3 heterocycles. The molecule has 0 aromatic carbocycles. The van der Waals surface area contributed by atoms with Crippen molar-refractivity contribution in [3.05, 3.63) is 39.8 Å². The lowest BCUT2D eigenvalue weighted by molar-refractivity contribution is 0.0726. The molecule has 4 rings (SSSR count). The molecule has 0 N–H and O–H groups in total. The topological polar surface area (TPSA) is 30.3 Å². The van der Waals surface area contributed by atoms with Crippen molar-refractivity contribution >= 4 is 11.3 Å². The average Bonchev–Trinajstić information content (AvgIpc) is 3.02. The SMILES string of the molecule is COC[C@@H]1c2c(cnn2CC2CC2)CCN1Cc1ccsc1. The van der Waals surface area contributed by atoms with Crippen LogP contribution in [0.15, 0.2) is 23.0 Å². The lowest BCUT2D eigenvalue weighted by atomic mass is 9.99. The Balaban J connectivity index is 1.60. The Labute approximate surface area is 135 Å². The van der Waals surface area contributed by atoms with Gasteiger partial charge in [0.05, 0.1) is 24.5 Å². The van der Waals surface area contributed by atoms with E-state index in [1.54, 1.807) is 18.4 Å². The summed E-state index contributed by atoms with van der Waals surface area (Å²) in [6, 6.07) is 2.56. The monoisotopic (exact) mass is 317 g/mol. The minimum atomic E-state index is 0.329. The molecule has 5 heteroatoms. The van der Waals surface area contributed by atoms with E-state index in [0.29, 0.717) is 6.04 Å². The van der Waals surface area contributed by atoms with Gasteiger partial charge in [0.25, 0.3) is 0 Å². The molecule has 1 atom stereocenters. The number of aromatic nitrogens is 2. The highest BCUT2D eigenvalue weighted by molar-refractivity contribution is 7.07. The van der Waals surface area contributed by atoms with Crippen molar-refractivity contribution in [3.8, 4) is 0 Å². The summed E-state index contributed by atoms with van der Waals surface area (Å²) in [6.45, 7) is 3.92. The van der Waals surface area contributed by atoms with Crippen molar-refractivity contribution in [2.75, 3.05) is 20.3 Å². The summed E-state index contributed by atoms with van der Waals surface area (Å²) in [5.41, 5.74) is 4.22. The molecule has 0 amide bonds. The summed E-state index contributed by atoms with van der Waals surface area (Å²) in [5, 5.41) is 9.09. The lowest BCUT2D eigenvalue weighted by Crippen LogP contribution is -2.38. The van der Waals surface area contributed by atoms with Gasteiger partial charge in [-0.1, -0.05) is 0 Å². The highest BCUT2D eigenvalue weighted by Crippen LogP contribution is 2.35. The Morgan fingerprint density at radius 2 is 2.32 bits per heavy atom. The van der Waals surface area contributed by atoms with Crippen LogP contribution in [-0.4, -0.2) is 34.9 Å². The normalized spacial score (nSPS) is 22.0. The molecular formula is C17H23N3OS. The van der Waals surface area contributed by atoms with E-state index in [4.69, 9.17) is 4.74 Å². The third-order valence-electron chi connectivity index (χ3n) is 4.80. The maximum atomic E-state index is 5.55. The quantitative estimate of drug-likeness (QED) is 0.820. The van der Waals surface area contributed by atoms with Crippen molar-refractivity contribution in [1.29, 1.82) is 0 Å². The summed E-state index contributed by atoms with van der Waals surface area (Å²) in [6.07, 6.45) is 5.91. The number of rotatable bonds is 6. The van der Waals surface area contributed by atoms with E-state index < -0.39 is 0 Å². The van der Waals surface area contributed by atoms with Crippen LogP contribution < -0.4 is 0 Å². The second kappa shape index (κ2) is 6.14. The van der Waals surface area contributed by atoms with Gasteiger partial charge in [0.15, 0.2) is 0 Å². The van der Waals surface area contributed by atoms with Gasteiger partial charge < -0.3 is 4.74 Å². The standard InChI is InChI=1S/C17H23N3OS/c1-21-11-16-17-15(8-18-20(17)10-13-2-3-13)4-6-19(16)9-14-5-7-22-12-14/h5,7-8,12-13,16H,2-4,6,9-11H2,1H3/t16-/m1/s1. The number of ether oxygens (including phenoxy) is 1. The molecule has 1 saturated carbocycles. The Kier molecular flexibility index (Phi) is 4.03. The van der Waals surface area contributed by atoms with Crippen molar-refractivity contribution in [2.45, 2.75) is 38.4 Å². The van der Waals surface area contributed by atoms with Gasteiger partial charge >= 0.3 is 0 Å². The molecule has 4 nitrogen and oxygen atoms in total. The molecule has 1 aliphatic carbocycles. The van der Waals surface area contributed by atoms with Gasteiger partial charge in [-0.2, -0.15) is 16.4 Å². The molecule has 118 valence electrons. The number of hydrogen-bond donors (Lipinski definition) is 0. The molecule has 0 unspecified atom stereocenters. The Morgan fingerprint density at radius 3 is 3.05 bits per heavy atom. The minimum Gasteiger partial charge on any atom is -0.383 e. The molecule has 2 aromatic heterocycles. The highest BCUT2D eigenvalue weighted by atomic mass is 32.1. The highest BCUT2D eigenvalue weighted by Gasteiger charge is 2.33. The molecule has 1 fully saturated rings. The van der Waals surface area contributed by atoms with E-state index in [1.165, 1.54) is 29.7 Å².